The maximum Gasteiger partial charge on any atom is 0.341 e. The zero-order chi connectivity index (χ0) is 23.3. The average molecular weight is 527 g/mol. The standard InChI is InChI=1S/C23H25BrClNO6/c1-23(26-21(28)7-8-27)11-19(14-3-2-4-16(25)9-14)32-20(12-23)17-10-15(24)5-6-18(17)31-13-22(29)30/h2-6,9-10,19-20,27H,7-8,11-13H2,1H3,(H,26,28)(H,29,30)/t19-,20+,23+/m0/s1. The summed E-state index contributed by atoms with van der Waals surface area (Å²) >= 11 is 9.66. The zero-order valence-electron chi connectivity index (χ0n) is 17.5. The van der Waals surface area contributed by atoms with Crippen LogP contribution in [-0.2, 0) is 14.3 Å². The van der Waals surface area contributed by atoms with E-state index in [1.165, 1.54) is 0 Å². The third-order valence-electron chi connectivity index (χ3n) is 5.27. The van der Waals surface area contributed by atoms with Crippen LogP contribution in [0.5, 0.6) is 5.75 Å². The number of rotatable bonds is 8. The van der Waals surface area contributed by atoms with E-state index < -0.39 is 24.2 Å². The Bertz CT molecular complexity index is 987. The lowest BCUT2D eigenvalue weighted by Crippen LogP contribution is -2.51. The molecular formula is C23H25BrClNO6. The van der Waals surface area contributed by atoms with Crippen molar-refractivity contribution < 1.29 is 29.3 Å². The van der Waals surface area contributed by atoms with Crippen LogP contribution in [0.25, 0.3) is 0 Å². The van der Waals surface area contributed by atoms with Gasteiger partial charge in [0, 0.05) is 39.9 Å². The Hall–Kier alpha value is -2.13. The number of aliphatic carboxylic acids is 1. The molecule has 3 atom stereocenters. The Balaban J connectivity index is 1.98. The van der Waals surface area contributed by atoms with Crippen molar-refractivity contribution in [2.45, 2.75) is 43.9 Å². The molecule has 172 valence electrons. The predicted molar refractivity (Wildman–Crippen MR) is 123 cm³/mol. The number of ether oxygens (including phenoxy) is 2. The van der Waals surface area contributed by atoms with Crippen LogP contribution in [0.2, 0.25) is 5.02 Å². The molecule has 0 spiro atoms. The molecule has 3 rings (SSSR count). The lowest BCUT2D eigenvalue weighted by Gasteiger charge is -2.43. The first-order chi connectivity index (χ1) is 15.2. The quantitative estimate of drug-likeness (QED) is 0.470. The number of halogens is 2. The van der Waals surface area contributed by atoms with Gasteiger partial charge in [0.2, 0.25) is 5.91 Å². The van der Waals surface area contributed by atoms with Gasteiger partial charge >= 0.3 is 5.97 Å². The minimum atomic E-state index is -1.08. The molecule has 7 nitrogen and oxygen atoms in total. The van der Waals surface area contributed by atoms with Crippen molar-refractivity contribution in [1.29, 1.82) is 0 Å². The van der Waals surface area contributed by atoms with Crippen molar-refractivity contribution in [2.24, 2.45) is 0 Å². The Morgan fingerprint density at radius 3 is 2.69 bits per heavy atom. The number of hydrogen-bond donors (Lipinski definition) is 3. The smallest absolute Gasteiger partial charge is 0.341 e. The monoisotopic (exact) mass is 525 g/mol. The second kappa shape index (κ2) is 10.7. The Kier molecular flexibility index (Phi) is 8.16. The number of benzene rings is 2. The van der Waals surface area contributed by atoms with E-state index in [0.29, 0.717) is 29.2 Å². The van der Waals surface area contributed by atoms with Crippen molar-refractivity contribution >= 4 is 39.4 Å². The van der Waals surface area contributed by atoms with Crippen LogP contribution in [0, 0.1) is 0 Å². The van der Waals surface area contributed by atoms with E-state index in [1.807, 2.05) is 31.2 Å². The highest BCUT2D eigenvalue weighted by Gasteiger charge is 2.41. The summed E-state index contributed by atoms with van der Waals surface area (Å²) in [7, 11) is 0. The first-order valence-corrected chi connectivity index (χ1v) is 11.3. The van der Waals surface area contributed by atoms with Gasteiger partial charge in [-0.25, -0.2) is 4.79 Å². The average Bonchev–Trinajstić information content (AvgIpc) is 2.72. The SMILES string of the molecule is C[C@@]1(NC(=O)CCO)C[C@@H](c2cccc(Cl)c2)O[C@@H](c2cc(Br)ccc2OCC(=O)O)C1. The number of aliphatic hydroxyl groups excluding tert-OH is 1. The van der Waals surface area contributed by atoms with Gasteiger partial charge in [0.1, 0.15) is 5.75 Å². The predicted octanol–water partition coefficient (Wildman–Crippen LogP) is 4.42. The van der Waals surface area contributed by atoms with Crippen LogP contribution in [0.15, 0.2) is 46.9 Å². The molecule has 3 N–H and O–H groups in total. The highest BCUT2D eigenvalue weighted by molar-refractivity contribution is 9.10. The van der Waals surface area contributed by atoms with Crippen molar-refractivity contribution in [2.75, 3.05) is 13.2 Å². The molecule has 0 aliphatic carbocycles. The zero-order valence-corrected chi connectivity index (χ0v) is 19.9. The van der Waals surface area contributed by atoms with E-state index in [0.717, 1.165) is 10.0 Å². The fourth-order valence-electron chi connectivity index (χ4n) is 3.93. The van der Waals surface area contributed by atoms with Crippen LogP contribution in [-0.4, -0.2) is 40.8 Å². The van der Waals surface area contributed by atoms with Gasteiger partial charge in [-0.05, 0) is 42.8 Å². The number of carbonyl (C=O) groups excluding carboxylic acids is 1. The number of carbonyl (C=O) groups is 2. The molecule has 0 aromatic heterocycles. The summed E-state index contributed by atoms with van der Waals surface area (Å²) in [4.78, 5) is 23.4. The molecule has 1 heterocycles. The van der Waals surface area contributed by atoms with Crippen LogP contribution < -0.4 is 10.1 Å². The summed E-state index contributed by atoms with van der Waals surface area (Å²) in [6.45, 7) is 1.22. The Morgan fingerprint density at radius 2 is 2.00 bits per heavy atom. The molecule has 1 fully saturated rings. The molecule has 1 aliphatic rings. The van der Waals surface area contributed by atoms with Crippen LogP contribution >= 0.6 is 27.5 Å². The summed E-state index contributed by atoms with van der Waals surface area (Å²) in [5.41, 5.74) is 0.900. The first-order valence-electron chi connectivity index (χ1n) is 10.2. The van der Waals surface area contributed by atoms with Gasteiger partial charge in [-0.2, -0.15) is 0 Å². The second-order valence-corrected chi connectivity index (χ2v) is 9.38. The fraction of sp³-hybridized carbons (Fsp3) is 0.391. The third kappa shape index (κ3) is 6.45. The molecule has 32 heavy (non-hydrogen) atoms. The lowest BCUT2D eigenvalue weighted by molar-refractivity contribution is -0.139. The van der Waals surface area contributed by atoms with Crippen molar-refractivity contribution in [3.8, 4) is 5.75 Å². The summed E-state index contributed by atoms with van der Waals surface area (Å²) in [6, 6.07) is 12.6. The summed E-state index contributed by atoms with van der Waals surface area (Å²) in [6.07, 6.45) is 0.0699. The third-order valence-corrected chi connectivity index (χ3v) is 6.00. The minimum Gasteiger partial charge on any atom is -0.482 e. The van der Waals surface area contributed by atoms with Gasteiger partial charge in [0.15, 0.2) is 6.61 Å². The van der Waals surface area contributed by atoms with Gasteiger partial charge < -0.3 is 25.0 Å². The highest BCUT2D eigenvalue weighted by Crippen LogP contribution is 2.46. The molecule has 9 heteroatoms. The topological polar surface area (TPSA) is 105 Å². The van der Waals surface area contributed by atoms with Crippen molar-refractivity contribution in [1.82, 2.24) is 5.32 Å². The number of carboxylic acids is 1. The number of hydrogen-bond acceptors (Lipinski definition) is 5. The lowest BCUT2D eigenvalue weighted by atomic mass is 9.81. The minimum absolute atomic E-state index is 0.00675. The van der Waals surface area contributed by atoms with E-state index in [-0.39, 0.29) is 25.0 Å². The number of aliphatic hydroxyl groups is 1. The molecular weight excluding hydrogens is 502 g/mol. The molecule has 1 saturated heterocycles. The summed E-state index contributed by atoms with van der Waals surface area (Å²) in [5, 5.41) is 21.8. The van der Waals surface area contributed by atoms with Gasteiger partial charge in [0.25, 0.3) is 0 Å². The summed E-state index contributed by atoms with van der Waals surface area (Å²) < 4.78 is 12.7. The van der Waals surface area contributed by atoms with Gasteiger partial charge in [-0.3, -0.25) is 4.79 Å². The molecule has 2 aromatic rings. The van der Waals surface area contributed by atoms with E-state index in [1.54, 1.807) is 18.2 Å². The Labute approximate surface area is 199 Å². The molecule has 2 aromatic carbocycles. The molecule has 1 amide bonds. The number of amides is 1. The van der Waals surface area contributed by atoms with Crippen LogP contribution in [0.4, 0.5) is 0 Å². The first kappa shape index (κ1) is 24.5. The fourth-order valence-corrected chi connectivity index (χ4v) is 4.50. The maximum absolute atomic E-state index is 12.3. The van der Waals surface area contributed by atoms with E-state index in [4.69, 9.17) is 31.3 Å². The maximum atomic E-state index is 12.3. The molecule has 0 radical (unpaired) electrons. The molecule has 0 unspecified atom stereocenters. The molecule has 0 saturated carbocycles. The normalized spacial score (nSPS) is 22.9. The van der Waals surface area contributed by atoms with E-state index >= 15 is 0 Å². The highest BCUT2D eigenvalue weighted by atomic mass is 79.9. The van der Waals surface area contributed by atoms with Crippen molar-refractivity contribution in [3.63, 3.8) is 0 Å². The summed E-state index contributed by atoms with van der Waals surface area (Å²) in [5.74, 6) is -0.935. The van der Waals surface area contributed by atoms with Gasteiger partial charge in [-0.1, -0.05) is 39.7 Å². The van der Waals surface area contributed by atoms with E-state index in [2.05, 4.69) is 21.2 Å². The molecule has 1 aliphatic heterocycles. The van der Waals surface area contributed by atoms with E-state index in [9.17, 15) is 9.59 Å². The largest absolute Gasteiger partial charge is 0.482 e. The van der Waals surface area contributed by atoms with Crippen molar-refractivity contribution in [3.05, 3.63) is 63.1 Å². The van der Waals surface area contributed by atoms with Gasteiger partial charge in [0.05, 0.1) is 18.8 Å². The molecule has 0 bridgehead atoms. The number of carboxylic acid groups (broad SMARTS) is 1. The Morgan fingerprint density at radius 1 is 1.25 bits per heavy atom. The van der Waals surface area contributed by atoms with Gasteiger partial charge in [-0.15, -0.1) is 0 Å². The number of nitrogens with one attached hydrogen (secondary N) is 1. The van der Waals surface area contributed by atoms with Crippen LogP contribution in [0.1, 0.15) is 49.5 Å². The van der Waals surface area contributed by atoms with Crippen LogP contribution in [0.3, 0.4) is 0 Å². The second-order valence-electron chi connectivity index (χ2n) is 8.02.